The van der Waals surface area contributed by atoms with Crippen LogP contribution in [0.2, 0.25) is 0 Å². The Labute approximate surface area is 132 Å². The van der Waals surface area contributed by atoms with Crippen LogP contribution in [0.4, 0.5) is 0 Å². The van der Waals surface area contributed by atoms with Crippen LogP contribution in [0.5, 0.6) is 0 Å². The Bertz CT molecular complexity index is 258. The minimum Gasteiger partial charge on any atom is -0.291 e. The number of carbonyl (C=O) groups excluding carboxylic acids is 2. The Morgan fingerprint density at radius 3 is 1.29 bits per heavy atom. The Kier molecular flexibility index (Phi) is 15.2. The van der Waals surface area contributed by atoms with Crippen molar-refractivity contribution in [1.82, 2.24) is 0 Å². The van der Waals surface area contributed by atoms with E-state index >= 15 is 0 Å². The standard InChI is InChI=1S/C19H36O2/c1-3-5-6-7-8-9-10-11-12-13-14-15-17-19(21)18(20)16-4-2/h3-17H2,1-2H3. The van der Waals surface area contributed by atoms with Gasteiger partial charge in [0, 0.05) is 12.8 Å². The third-order valence-electron chi connectivity index (χ3n) is 4.05. The highest BCUT2D eigenvalue weighted by molar-refractivity contribution is 6.37. The monoisotopic (exact) mass is 296 g/mol. The predicted molar refractivity (Wildman–Crippen MR) is 90.6 cm³/mol. The van der Waals surface area contributed by atoms with E-state index in [1.807, 2.05) is 6.92 Å². The molecule has 0 atom stereocenters. The molecule has 2 heteroatoms. The molecule has 0 aromatic heterocycles. The van der Waals surface area contributed by atoms with Crippen molar-refractivity contribution >= 4 is 11.6 Å². The third kappa shape index (κ3) is 14.1. The largest absolute Gasteiger partial charge is 0.291 e. The van der Waals surface area contributed by atoms with Crippen LogP contribution in [0, 0.1) is 0 Å². The number of rotatable bonds is 16. The number of carbonyl (C=O) groups is 2. The summed E-state index contributed by atoms with van der Waals surface area (Å²) in [6, 6.07) is 0. The van der Waals surface area contributed by atoms with Crippen LogP contribution < -0.4 is 0 Å². The summed E-state index contributed by atoms with van der Waals surface area (Å²) in [6.07, 6.45) is 17.2. The Morgan fingerprint density at radius 2 is 0.857 bits per heavy atom. The Morgan fingerprint density at radius 1 is 0.476 bits per heavy atom. The molecule has 0 saturated heterocycles. The van der Waals surface area contributed by atoms with Gasteiger partial charge in [-0.3, -0.25) is 9.59 Å². The number of hydrogen-bond donors (Lipinski definition) is 0. The molecule has 0 aliphatic carbocycles. The zero-order chi connectivity index (χ0) is 15.8. The summed E-state index contributed by atoms with van der Waals surface area (Å²) in [5.74, 6) is -0.315. The second kappa shape index (κ2) is 15.7. The molecule has 124 valence electrons. The summed E-state index contributed by atoms with van der Waals surface area (Å²) in [5, 5.41) is 0. The molecule has 0 rings (SSSR count). The molecule has 0 unspecified atom stereocenters. The minimum absolute atomic E-state index is 0.149. The van der Waals surface area contributed by atoms with Crippen LogP contribution in [0.3, 0.4) is 0 Å². The summed E-state index contributed by atoms with van der Waals surface area (Å²) in [4.78, 5) is 22.8. The fourth-order valence-corrected chi connectivity index (χ4v) is 2.63. The first-order valence-electron chi connectivity index (χ1n) is 9.28. The highest BCUT2D eigenvalue weighted by atomic mass is 16.2. The van der Waals surface area contributed by atoms with Crippen molar-refractivity contribution in [2.75, 3.05) is 0 Å². The molecule has 0 saturated carbocycles. The summed E-state index contributed by atoms with van der Waals surface area (Å²) in [7, 11) is 0. The van der Waals surface area contributed by atoms with Crippen molar-refractivity contribution < 1.29 is 9.59 Å². The lowest BCUT2D eigenvalue weighted by molar-refractivity contribution is -0.136. The van der Waals surface area contributed by atoms with Crippen LogP contribution in [0.25, 0.3) is 0 Å². The summed E-state index contributed by atoms with van der Waals surface area (Å²) >= 11 is 0. The molecule has 0 bridgehead atoms. The number of hydrogen-bond acceptors (Lipinski definition) is 2. The van der Waals surface area contributed by atoms with Gasteiger partial charge in [0.1, 0.15) is 0 Å². The molecular formula is C19H36O2. The van der Waals surface area contributed by atoms with E-state index in [1.54, 1.807) is 0 Å². The van der Waals surface area contributed by atoms with Crippen molar-refractivity contribution in [3.8, 4) is 0 Å². The fraction of sp³-hybridized carbons (Fsp3) is 0.895. The molecule has 2 nitrogen and oxygen atoms in total. The van der Waals surface area contributed by atoms with Crippen molar-refractivity contribution in [2.45, 2.75) is 110 Å². The van der Waals surface area contributed by atoms with Crippen LogP contribution in [0.1, 0.15) is 110 Å². The average molecular weight is 296 g/mol. The zero-order valence-electron chi connectivity index (χ0n) is 14.4. The molecule has 0 radical (unpaired) electrons. The Hall–Kier alpha value is -0.660. The van der Waals surface area contributed by atoms with E-state index in [0.29, 0.717) is 12.8 Å². The van der Waals surface area contributed by atoms with Gasteiger partial charge in [0.05, 0.1) is 0 Å². The van der Waals surface area contributed by atoms with Crippen molar-refractivity contribution in [3.63, 3.8) is 0 Å². The zero-order valence-corrected chi connectivity index (χ0v) is 14.4. The molecule has 0 fully saturated rings. The molecule has 0 aliphatic rings. The van der Waals surface area contributed by atoms with Gasteiger partial charge in [-0.05, 0) is 12.8 Å². The summed E-state index contributed by atoms with van der Waals surface area (Å²) < 4.78 is 0. The molecule has 0 N–H and O–H groups in total. The first kappa shape index (κ1) is 20.3. The quantitative estimate of drug-likeness (QED) is 0.258. The SMILES string of the molecule is CCCCCCCCCCCCCCC(=O)C(=O)CCC. The van der Waals surface area contributed by atoms with E-state index in [0.717, 1.165) is 19.3 Å². The van der Waals surface area contributed by atoms with Crippen LogP contribution in [0.15, 0.2) is 0 Å². The van der Waals surface area contributed by atoms with Crippen LogP contribution in [-0.2, 0) is 9.59 Å². The Balaban J connectivity index is 3.19. The fourth-order valence-electron chi connectivity index (χ4n) is 2.63. The van der Waals surface area contributed by atoms with Gasteiger partial charge in [-0.1, -0.05) is 84.5 Å². The highest BCUT2D eigenvalue weighted by Crippen LogP contribution is 2.12. The maximum absolute atomic E-state index is 11.5. The first-order valence-corrected chi connectivity index (χ1v) is 9.28. The van der Waals surface area contributed by atoms with Gasteiger partial charge in [-0.15, -0.1) is 0 Å². The maximum atomic E-state index is 11.5. The molecule has 0 aromatic carbocycles. The van der Waals surface area contributed by atoms with Gasteiger partial charge >= 0.3 is 0 Å². The minimum atomic E-state index is -0.166. The lowest BCUT2D eigenvalue weighted by Crippen LogP contribution is -2.12. The average Bonchev–Trinajstić information content (AvgIpc) is 2.48. The van der Waals surface area contributed by atoms with E-state index < -0.39 is 0 Å². The predicted octanol–water partition coefficient (Wildman–Crippen LogP) is 6.02. The smallest absolute Gasteiger partial charge is 0.198 e. The molecular weight excluding hydrogens is 260 g/mol. The molecule has 21 heavy (non-hydrogen) atoms. The van der Waals surface area contributed by atoms with Gasteiger partial charge < -0.3 is 0 Å². The van der Waals surface area contributed by atoms with Crippen molar-refractivity contribution in [2.24, 2.45) is 0 Å². The normalized spacial score (nSPS) is 10.8. The van der Waals surface area contributed by atoms with Crippen molar-refractivity contribution in [3.05, 3.63) is 0 Å². The lowest BCUT2D eigenvalue weighted by atomic mass is 10.0. The molecule has 0 amide bonds. The van der Waals surface area contributed by atoms with E-state index in [2.05, 4.69) is 6.92 Å². The van der Waals surface area contributed by atoms with Gasteiger partial charge in [0.25, 0.3) is 0 Å². The molecule has 0 aliphatic heterocycles. The number of ketones is 2. The van der Waals surface area contributed by atoms with Gasteiger partial charge in [0.2, 0.25) is 0 Å². The van der Waals surface area contributed by atoms with Gasteiger partial charge in [-0.2, -0.15) is 0 Å². The second-order valence-electron chi connectivity index (χ2n) is 6.24. The van der Waals surface area contributed by atoms with E-state index in [9.17, 15) is 9.59 Å². The second-order valence-corrected chi connectivity index (χ2v) is 6.24. The van der Waals surface area contributed by atoms with E-state index in [-0.39, 0.29) is 11.6 Å². The highest BCUT2D eigenvalue weighted by Gasteiger charge is 2.11. The van der Waals surface area contributed by atoms with Crippen LogP contribution >= 0.6 is 0 Å². The van der Waals surface area contributed by atoms with Crippen molar-refractivity contribution in [1.29, 1.82) is 0 Å². The summed E-state index contributed by atoms with van der Waals surface area (Å²) in [6.45, 7) is 4.20. The van der Waals surface area contributed by atoms with E-state index in [4.69, 9.17) is 0 Å². The maximum Gasteiger partial charge on any atom is 0.198 e. The molecule has 0 spiro atoms. The van der Waals surface area contributed by atoms with E-state index in [1.165, 1.54) is 64.2 Å². The molecule has 0 aromatic rings. The van der Waals surface area contributed by atoms with Gasteiger partial charge in [-0.25, -0.2) is 0 Å². The number of unbranched alkanes of at least 4 members (excludes halogenated alkanes) is 11. The third-order valence-corrected chi connectivity index (χ3v) is 4.05. The summed E-state index contributed by atoms with van der Waals surface area (Å²) in [5.41, 5.74) is 0. The van der Waals surface area contributed by atoms with Gasteiger partial charge in [0.15, 0.2) is 11.6 Å². The first-order chi connectivity index (χ1) is 10.2. The number of Topliss-reactive ketones (excluding diaryl/α,β-unsaturated/α-hetero) is 2. The molecule has 0 heterocycles. The lowest BCUT2D eigenvalue weighted by Gasteiger charge is -2.02. The topological polar surface area (TPSA) is 34.1 Å². The van der Waals surface area contributed by atoms with Crippen LogP contribution in [-0.4, -0.2) is 11.6 Å².